The smallest absolute Gasteiger partial charge is 0.305 e. The predicted molar refractivity (Wildman–Crippen MR) is 164 cm³/mol. The molecule has 7 heteroatoms. The Morgan fingerprint density at radius 2 is 1.80 bits per heavy atom. The molecule has 7 nitrogen and oxygen atoms in total. The number of aromatic amines is 2. The van der Waals surface area contributed by atoms with E-state index in [1.807, 2.05) is 13.0 Å². The zero-order chi connectivity index (χ0) is 29.2. The van der Waals surface area contributed by atoms with Crippen molar-refractivity contribution in [2.75, 3.05) is 7.11 Å². The third kappa shape index (κ3) is 4.17. The maximum absolute atomic E-state index is 13.4. The van der Waals surface area contributed by atoms with Gasteiger partial charge in [-0.05, 0) is 74.1 Å². The maximum Gasteiger partial charge on any atom is 0.305 e. The van der Waals surface area contributed by atoms with Gasteiger partial charge in [0.15, 0.2) is 5.78 Å². The third-order valence-electron chi connectivity index (χ3n) is 9.24. The minimum Gasteiger partial charge on any atom is -0.469 e. The highest BCUT2D eigenvalue weighted by atomic mass is 16.5. The molecule has 210 valence electrons. The molecule has 0 saturated heterocycles. The third-order valence-corrected chi connectivity index (χ3v) is 9.24. The molecule has 0 fully saturated rings. The van der Waals surface area contributed by atoms with E-state index in [9.17, 15) is 9.59 Å². The van der Waals surface area contributed by atoms with Gasteiger partial charge in [-0.1, -0.05) is 26.5 Å². The van der Waals surface area contributed by atoms with E-state index < -0.39 is 0 Å². The number of Topliss-reactive ketones (excluding diaryl/α,β-unsaturated/α-hetero) is 1. The van der Waals surface area contributed by atoms with Crippen LogP contribution in [0.25, 0.3) is 39.3 Å². The van der Waals surface area contributed by atoms with Crippen molar-refractivity contribution >= 4 is 51.0 Å². The van der Waals surface area contributed by atoms with Gasteiger partial charge in [-0.2, -0.15) is 0 Å². The Kier molecular flexibility index (Phi) is 6.56. The number of ether oxygens (including phenoxy) is 1. The number of allylic oxidation sites excluding steroid dienone is 2. The summed E-state index contributed by atoms with van der Waals surface area (Å²) < 4.78 is 4.96. The number of methoxy groups -OCH3 is 1. The highest BCUT2D eigenvalue weighted by Gasteiger charge is 2.36. The summed E-state index contributed by atoms with van der Waals surface area (Å²) in [6.45, 7) is 14.6. The molecule has 1 unspecified atom stereocenters. The number of rotatable bonds is 5. The van der Waals surface area contributed by atoms with Gasteiger partial charge in [-0.3, -0.25) is 14.6 Å². The first-order valence-electron chi connectivity index (χ1n) is 14.4. The van der Waals surface area contributed by atoms with Gasteiger partial charge in [0, 0.05) is 63.6 Å². The monoisotopic (exact) mass is 548 g/mol. The van der Waals surface area contributed by atoms with Crippen molar-refractivity contribution in [1.82, 2.24) is 19.9 Å². The van der Waals surface area contributed by atoms with Gasteiger partial charge in [0.05, 0.1) is 29.7 Å². The van der Waals surface area contributed by atoms with E-state index >= 15 is 0 Å². The fourth-order valence-electron chi connectivity index (χ4n) is 6.80. The minimum absolute atomic E-state index is 0.0192. The van der Waals surface area contributed by atoms with E-state index in [0.717, 1.165) is 84.7 Å². The first-order chi connectivity index (χ1) is 19.7. The standard InChI is InChI=1S/C34H36N4O3/c1-8-20-16(3)24-13-26-18(5)22(10-11-31(40)41-7)33(37-26)23-12-30(39)32-19(6)27(38-34(23)32)15-29-21(9-2)17(4)25(36-29)14-28(20)35-24/h8,13-15,18,22,35,38H,1,9-12H2,2-7H3/t18?,22-/m0/s1. The lowest BCUT2D eigenvalue weighted by Gasteiger charge is -2.16. The molecule has 41 heavy (non-hydrogen) atoms. The molecule has 6 rings (SSSR count). The topological polar surface area (TPSA) is 101 Å². The number of carbonyl (C=O) groups excluding carboxylic acids is 2. The van der Waals surface area contributed by atoms with Crippen LogP contribution in [0.15, 0.2) is 24.8 Å². The van der Waals surface area contributed by atoms with E-state index in [2.05, 4.69) is 62.4 Å². The molecule has 3 aromatic rings. The van der Waals surface area contributed by atoms with E-state index in [4.69, 9.17) is 14.7 Å². The normalized spacial score (nSPS) is 17.9. The Balaban J connectivity index is 1.74. The number of nitrogens with zero attached hydrogens (tertiary/aromatic N) is 2. The van der Waals surface area contributed by atoms with Crippen molar-refractivity contribution in [3.8, 4) is 0 Å². The lowest BCUT2D eigenvalue weighted by molar-refractivity contribution is -0.140. The average Bonchev–Trinajstić information content (AvgIpc) is 3.70. The molecule has 0 radical (unpaired) electrons. The summed E-state index contributed by atoms with van der Waals surface area (Å²) in [4.78, 5) is 43.0. The molecule has 3 aromatic heterocycles. The van der Waals surface area contributed by atoms with Gasteiger partial charge in [0.1, 0.15) is 0 Å². The molecule has 1 aliphatic carbocycles. The van der Waals surface area contributed by atoms with E-state index in [0.29, 0.717) is 19.3 Å². The number of esters is 1. The van der Waals surface area contributed by atoms with Crippen LogP contribution in [0.4, 0.5) is 0 Å². The van der Waals surface area contributed by atoms with Crippen LogP contribution in [0.1, 0.15) is 107 Å². The van der Waals surface area contributed by atoms with Gasteiger partial charge in [0.25, 0.3) is 0 Å². The number of nitrogens with one attached hydrogen (secondary N) is 2. The molecule has 5 heterocycles. The van der Waals surface area contributed by atoms with E-state index in [1.165, 1.54) is 12.7 Å². The first kappa shape index (κ1) is 26.9. The number of H-pyrrole nitrogens is 2. The van der Waals surface area contributed by atoms with Crippen LogP contribution < -0.4 is 0 Å². The molecule has 2 atom stereocenters. The number of hydrogen-bond acceptors (Lipinski definition) is 5. The maximum atomic E-state index is 13.4. The highest BCUT2D eigenvalue weighted by Crippen LogP contribution is 2.44. The summed E-state index contributed by atoms with van der Waals surface area (Å²) in [7, 11) is 1.42. The fourth-order valence-corrected chi connectivity index (χ4v) is 6.80. The molecule has 0 saturated carbocycles. The second-order valence-electron chi connectivity index (χ2n) is 11.4. The molecule has 0 amide bonds. The lowest BCUT2D eigenvalue weighted by atomic mass is 9.85. The Hall–Kier alpha value is -4.26. The van der Waals surface area contributed by atoms with Crippen LogP contribution in [-0.4, -0.2) is 38.8 Å². The molecule has 8 bridgehead atoms. The largest absolute Gasteiger partial charge is 0.469 e. The van der Waals surface area contributed by atoms with Crippen LogP contribution in [-0.2, 0) is 16.0 Å². The molecular formula is C34H36N4O3. The Labute approximate surface area is 239 Å². The van der Waals surface area contributed by atoms with Gasteiger partial charge < -0.3 is 14.7 Å². The first-order valence-corrected chi connectivity index (χ1v) is 14.4. The van der Waals surface area contributed by atoms with Gasteiger partial charge in [0.2, 0.25) is 0 Å². The van der Waals surface area contributed by atoms with Crippen LogP contribution in [0.2, 0.25) is 0 Å². The van der Waals surface area contributed by atoms with Crippen molar-refractivity contribution in [3.05, 3.63) is 75.4 Å². The number of fused-ring (bicyclic) bond motifs is 8. The van der Waals surface area contributed by atoms with Gasteiger partial charge in [-0.25, -0.2) is 4.98 Å². The molecule has 2 N–H and O–H groups in total. The molecule has 0 aromatic carbocycles. The minimum atomic E-state index is -0.243. The average molecular weight is 549 g/mol. The highest BCUT2D eigenvalue weighted by molar-refractivity contribution is 6.13. The number of aryl methyl sites for hydroxylation is 2. The van der Waals surface area contributed by atoms with Gasteiger partial charge in [-0.15, -0.1) is 0 Å². The molecule has 0 spiro atoms. The van der Waals surface area contributed by atoms with Crippen LogP contribution in [0.5, 0.6) is 0 Å². The molecular weight excluding hydrogens is 512 g/mol. The second kappa shape index (κ2) is 9.98. The van der Waals surface area contributed by atoms with Crippen LogP contribution >= 0.6 is 0 Å². The fraction of sp³-hybridized carbons (Fsp3) is 0.353. The Morgan fingerprint density at radius 1 is 1.07 bits per heavy atom. The quantitative estimate of drug-likeness (QED) is 0.322. The van der Waals surface area contributed by atoms with E-state index in [-0.39, 0.29) is 23.6 Å². The summed E-state index contributed by atoms with van der Waals surface area (Å²) >= 11 is 0. The summed E-state index contributed by atoms with van der Waals surface area (Å²) in [5.74, 6) is -0.114. The lowest BCUT2D eigenvalue weighted by Crippen LogP contribution is -2.09. The number of hydrogen-bond donors (Lipinski definition) is 2. The second-order valence-corrected chi connectivity index (χ2v) is 11.4. The van der Waals surface area contributed by atoms with Crippen molar-refractivity contribution in [1.29, 1.82) is 0 Å². The number of ketones is 1. The van der Waals surface area contributed by atoms with Crippen molar-refractivity contribution in [3.63, 3.8) is 0 Å². The summed E-state index contributed by atoms with van der Waals surface area (Å²) in [6, 6.07) is 6.29. The Morgan fingerprint density at radius 3 is 2.51 bits per heavy atom. The zero-order valence-electron chi connectivity index (χ0n) is 24.6. The van der Waals surface area contributed by atoms with Crippen molar-refractivity contribution in [2.45, 2.75) is 72.1 Å². The SMILES string of the molecule is C=Cc1c(C)c2cc3nc(c4c5[nH]c(cc6nc(cc1[nH]2)C(C)=C6CC)c(C)c5C(=O)C4)[C@@H](CCC(=O)OC)C3C. The Bertz CT molecular complexity index is 1850. The van der Waals surface area contributed by atoms with Gasteiger partial charge >= 0.3 is 5.97 Å². The zero-order valence-corrected chi connectivity index (χ0v) is 24.6. The summed E-state index contributed by atoms with van der Waals surface area (Å²) in [6.07, 6.45) is 3.92. The molecule has 3 aliphatic rings. The summed E-state index contributed by atoms with van der Waals surface area (Å²) in [5, 5.41) is 0. The van der Waals surface area contributed by atoms with Crippen molar-refractivity contribution in [2.24, 2.45) is 0 Å². The number of aromatic nitrogens is 4. The van der Waals surface area contributed by atoms with E-state index in [1.54, 1.807) is 0 Å². The molecule has 2 aliphatic heterocycles. The predicted octanol–water partition coefficient (Wildman–Crippen LogP) is 7.49. The van der Waals surface area contributed by atoms with Crippen LogP contribution in [0.3, 0.4) is 0 Å². The number of carbonyl (C=O) groups is 2. The van der Waals surface area contributed by atoms with Crippen molar-refractivity contribution < 1.29 is 14.3 Å². The summed E-state index contributed by atoms with van der Waals surface area (Å²) in [5.41, 5.74) is 14.4. The van der Waals surface area contributed by atoms with Crippen LogP contribution in [0, 0.1) is 13.8 Å².